The molecule has 0 radical (unpaired) electrons. The van der Waals surface area contributed by atoms with Crippen LogP contribution in [-0.2, 0) is 0 Å². The van der Waals surface area contributed by atoms with Gasteiger partial charge in [0.1, 0.15) is 11.9 Å². The van der Waals surface area contributed by atoms with E-state index in [2.05, 4.69) is 9.97 Å². The van der Waals surface area contributed by atoms with Crippen LogP contribution in [0.25, 0.3) is 11.0 Å². The summed E-state index contributed by atoms with van der Waals surface area (Å²) in [4.78, 5) is 20.3. The summed E-state index contributed by atoms with van der Waals surface area (Å²) in [7, 11) is 0. The van der Waals surface area contributed by atoms with Gasteiger partial charge in [-0.1, -0.05) is 19.9 Å². The van der Waals surface area contributed by atoms with E-state index in [1.165, 1.54) is 18.2 Å². The molecule has 1 saturated heterocycles. The zero-order chi connectivity index (χ0) is 26.1. The van der Waals surface area contributed by atoms with Crippen molar-refractivity contribution in [3.63, 3.8) is 0 Å². The highest BCUT2D eigenvalue weighted by Gasteiger charge is 2.51. The lowest BCUT2D eigenvalue weighted by atomic mass is 9.85. The van der Waals surface area contributed by atoms with E-state index in [0.29, 0.717) is 34.3 Å². The van der Waals surface area contributed by atoms with Gasteiger partial charge in [0.15, 0.2) is 0 Å². The summed E-state index contributed by atoms with van der Waals surface area (Å²) in [6, 6.07) is -1.28. The standard InChI is InChI=1S/C21H25F6N5O/c1-19(2,21(25,26)27)8-12(28)17-29-13-6-5-11(7-14(13)30-17)16(10-3-4-10)32-9-15(20(22,23)24)31-18(32)33/h5-7,10,12,15-16H,3-4,8-9,28H2,1-2H3,(H,29,30)(H,31,33)/t12-,15-,16+/m0/s1/i9D2. The van der Waals surface area contributed by atoms with Gasteiger partial charge in [0.2, 0.25) is 0 Å². The summed E-state index contributed by atoms with van der Waals surface area (Å²) in [5, 5.41) is 1.72. The Kier molecular flexibility index (Phi) is 4.96. The van der Waals surface area contributed by atoms with Crippen LogP contribution in [0.15, 0.2) is 18.2 Å². The molecule has 2 fully saturated rings. The number of aromatic nitrogens is 2. The molecule has 182 valence electrons. The smallest absolute Gasteiger partial charge is 0.341 e. The second-order valence-electron chi connectivity index (χ2n) is 9.30. The second-order valence-corrected chi connectivity index (χ2v) is 9.30. The number of urea groups is 1. The number of halogens is 6. The quantitative estimate of drug-likeness (QED) is 0.513. The van der Waals surface area contributed by atoms with Crippen LogP contribution in [0, 0.1) is 11.3 Å². The van der Waals surface area contributed by atoms with Gasteiger partial charge in [-0.15, -0.1) is 0 Å². The zero-order valence-electron chi connectivity index (χ0n) is 19.8. The maximum Gasteiger partial charge on any atom is 0.410 e. The zero-order valence-corrected chi connectivity index (χ0v) is 17.8. The number of rotatable bonds is 6. The predicted molar refractivity (Wildman–Crippen MR) is 108 cm³/mol. The number of carbonyl (C=O) groups is 1. The van der Waals surface area contributed by atoms with Crippen LogP contribution < -0.4 is 11.1 Å². The van der Waals surface area contributed by atoms with Crippen LogP contribution in [0.3, 0.4) is 0 Å². The normalized spacial score (nSPS) is 24.5. The van der Waals surface area contributed by atoms with Gasteiger partial charge in [0.05, 0.1) is 37.8 Å². The van der Waals surface area contributed by atoms with Crippen molar-refractivity contribution < 1.29 is 33.9 Å². The molecule has 3 atom stereocenters. The van der Waals surface area contributed by atoms with Crippen molar-refractivity contribution in [3.8, 4) is 0 Å². The van der Waals surface area contributed by atoms with Crippen molar-refractivity contribution in [2.24, 2.45) is 17.1 Å². The number of nitrogens with one attached hydrogen (secondary N) is 2. The van der Waals surface area contributed by atoms with E-state index in [0.717, 1.165) is 13.8 Å². The molecule has 12 heteroatoms. The molecular formula is C21H25F6N5O. The molecule has 1 aromatic carbocycles. The second kappa shape index (κ2) is 7.78. The van der Waals surface area contributed by atoms with Gasteiger partial charge in [-0.05, 0) is 42.9 Å². The van der Waals surface area contributed by atoms with E-state index in [1.54, 1.807) is 5.32 Å². The molecule has 4 N–H and O–H groups in total. The summed E-state index contributed by atoms with van der Waals surface area (Å²) in [6.07, 6.45) is -8.67. The van der Waals surface area contributed by atoms with E-state index in [9.17, 15) is 31.1 Å². The Balaban J connectivity index is 1.66. The minimum Gasteiger partial charge on any atom is -0.341 e. The summed E-state index contributed by atoms with van der Waals surface area (Å²) in [6.45, 7) is -0.948. The number of amides is 2. The SMILES string of the molecule is [2H]C1([2H])[C@@H](C(F)(F)F)NC(=O)N1[C@@H](c1ccc2nc([C@@H](N)CC(C)(C)C(F)(F)F)[nH]c2c1)C1CC1. The lowest BCUT2D eigenvalue weighted by Crippen LogP contribution is -2.40. The van der Waals surface area contributed by atoms with Gasteiger partial charge >= 0.3 is 18.4 Å². The van der Waals surface area contributed by atoms with Crippen molar-refractivity contribution in [2.75, 3.05) is 6.50 Å². The Morgan fingerprint density at radius 1 is 1.24 bits per heavy atom. The lowest BCUT2D eigenvalue weighted by molar-refractivity contribution is -0.215. The number of nitrogens with zero attached hydrogens (tertiary/aromatic N) is 2. The van der Waals surface area contributed by atoms with E-state index >= 15 is 0 Å². The molecular weight excluding hydrogens is 452 g/mol. The Hall–Kier alpha value is -2.50. The molecule has 1 aliphatic heterocycles. The topological polar surface area (TPSA) is 87.0 Å². The fourth-order valence-electron chi connectivity index (χ4n) is 4.00. The summed E-state index contributed by atoms with van der Waals surface area (Å²) >= 11 is 0. The van der Waals surface area contributed by atoms with Crippen LogP contribution in [0.5, 0.6) is 0 Å². The molecule has 2 aromatic rings. The fraction of sp³-hybridized carbons (Fsp3) is 0.619. The Morgan fingerprint density at radius 3 is 2.45 bits per heavy atom. The van der Waals surface area contributed by atoms with Gasteiger partial charge in [0.25, 0.3) is 0 Å². The highest BCUT2D eigenvalue weighted by Crippen LogP contribution is 2.47. The first-order chi connectivity index (χ1) is 15.9. The Labute approximate surface area is 188 Å². The molecule has 2 aliphatic rings. The van der Waals surface area contributed by atoms with E-state index in [4.69, 9.17) is 8.48 Å². The fourth-order valence-corrected chi connectivity index (χ4v) is 4.00. The minimum atomic E-state index is -4.98. The summed E-state index contributed by atoms with van der Waals surface area (Å²) in [5.74, 6) is -0.124. The molecule has 0 spiro atoms. The molecule has 0 unspecified atom stereocenters. The Bertz CT molecular complexity index is 1130. The van der Waals surface area contributed by atoms with Crippen LogP contribution in [-0.4, -0.2) is 45.8 Å². The first kappa shape index (κ1) is 21.1. The first-order valence-corrected chi connectivity index (χ1v) is 10.4. The Morgan fingerprint density at radius 2 is 1.91 bits per heavy atom. The number of fused-ring (bicyclic) bond motifs is 1. The van der Waals surface area contributed by atoms with E-state index in [-0.39, 0.29) is 11.7 Å². The van der Waals surface area contributed by atoms with Gasteiger partial charge in [0, 0.05) is 0 Å². The number of alkyl halides is 6. The average molecular weight is 479 g/mol. The summed E-state index contributed by atoms with van der Waals surface area (Å²) in [5.41, 5.74) is 5.07. The molecule has 1 aromatic heterocycles. The predicted octanol–water partition coefficient (Wildman–Crippen LogP) is 4.95. The van der Waals surface area contributed by atoms with Crippen molar-refractivity contribution in [3.05, 3.63) is 29.6 Å². The maximum atomic E-state index is 13.4. The van der Waals surface area contributed by atoms with Gasteiger partial charge in [-0.2, -0.15) is 26.3 Å². The third kappa shape index (κ3) is 4.62. The minimum absolute atomic E-state index is 0.115. The van der Waals surface area contributed by atoms with Crippen molar-refractivity contribution in [2.45, 2.75) is 63.6 Å². The molecule has 33 heavy (non-hydrogen) atoms. The van der Waals surface area contributed by atoms with E-state index in [1.807, 2.05) is 0 Å². The van der Waals surface area contributed by atoms with E-state index < -0.39 is 54.8 Å². The molecule has 6 nitrogen and oxygen atoms in total. The van der Waals surface area contributed by atoms with Crippen LogP contribution in [0.4, 0.5) is 31.1 Å². The highest BCUT2D eigenvalue weighted by atomic mass is 19.4. The highest BCUT2D eigenvalue weighted by molar-refractivity contribution is 5.79. The number of aromatic amines is 1. The lowest BCUT2D eigenvalue weighted by Gasteiger charge is -2.29. The third-order valence-electron chi connectivity index (χ3n) is 6.14. The molecule has 1 saturated carbocycles. The van der Waals surface area contributed by atoms with Crippen LogP contribution >= 0.6 is 0 Å². The number of H-pyrrole nitrogens is 1. The molecule has 1 aliphatic carbocycles. The van der Waals surface area contributed by atoms with Crippen molar-refractivity contribution in [1.82, 2.24) is 20.2 Å². The molecule has 2 heterocycles. The number of hydrogen-bond acceptors (Lipinski definition) is 3. The maximum absolute atomic E-state index is 13.4. The largest absolute Gasteiger partial charge is 0.410 e. The average Bonchev–Trinajstić information content (AvgIpc) is 3.38. The molecule has 4 rings (SSSR count). The van der Waals surface area contributed by atoms with Crippen LogP contribution in [0.1, 0.15) is 59.3 Å². The third-order valence-corrected chi connectivity index (χ3v) is 6.14. The first-order valence-electron chi connectivity index (χ1n) is 11.4. The van der Waals surface area contributed by atoms with Gasteiger partial charge in [-0.3, -0.25) is 0 Å². The monoisotopic (exact) mass is 479 g/mol. The number of carbonyl (C=O) groups excluding carboxylic acids is 1. The van der Waals surface area contributed by atoms with Crippen molar-refractivity contribution >= 4 is 17.1 Å². The number of imidazole rings is 1. The molecule has 0 bridgehead atoms. The number of benzene rings is 1. The molecule has 2 amide bonds. The number of nitrogens with two attached hydrogens (primary N) is 1. The van der Waals surface area contributed by atoms with Crippen LogP contribution in [0.2, 0.25) is 0 Å². The van der Waals surface area contributed by atoms with Crippen molar-refractivity contribution in [1.29, 1.82) is 0 Å². The van der Waals surface area contributed by atoms with Gasteiger partial charge in [-0.25, -0.2) is 9.78 Å². The summed E-state index contributed by atoms with van der Waals surface area (Å²) < 4.78 is 96.1. The van der Waals surface area contributed by atoms with Gasteiger partial charge < -0.3 is 20.9 Å². The number of hydrogen-bond donors (Lipinski definition) is 3.